The van der Waals surface area contributed by atoms with Crippen LogP contribution in [-0.4, -0.2) is 46.4 Å². The fraction of sp³-hybridized carbons (Fsp3) is 1.00. The summed E-state index contributed by atoms with van der Waals surface area (Å²) in [5.41, 5.74) is 0. The Bertz CT molecular complexity index is 12.9. The molecule has 0 N–H and O–H groups in total. The van der Waals surface area contributed by atoms with Gasteiger partial charge in [-0.05, 0) is 0 Å². The van der Waals surface area contributed by atoms with Crippen molar-refractivity contribution in [3.8, 4) is 0 Å². The molecule has 0 saturated heterocycles. The van der Waals surface area contributed by atoms with E-state index in [-0.39, 0.29) is 45.5 Å². The van der Waals surface area contributed by atoms with Gasteiger partial charge < -0.3 is 0 Å². The maximum Gasteiger partial charge on any atom is 0 e. The summed E-state index contributed by atoms with van der Waals surface area (Å²) < 4.78 is 0. The zero-order valence-electron chi connectivity index (χ0n) is 5.46. The van der Waals surface area contributed by atoms with E-state index in [1.165, 1.54) is 0 Å². The lowest BCUT2D eigenvalue weighted by molar-refractivity contribution is 1.50. The first kappa shape index (κ1) is 107. The van der Waals surface area contributed by atoms with Gasteiger partial charge in [0.15, 0.2) is 0 Å². The molecule has 0 heterocycles. The molecule has 0 fully saturated rings. The Morgan fingerprint density at radius 3 is 0.692 bits per heavy atom. The van der Waals surface area contributed by atoms with Gasteiger partial charge in [0, 0.05) is 46.4 Å². The van der Waals surface area contributed by atoms with Gasteiger partial charge in [-0.2, -0.15) is 0 Å². The third-order valence-corrected chi connectivity index (χ3v) is 0. The molecule has 0 atom stereocenters. The Kier molecular flexibility index (Phi) is 6830. The highest BCUT2D eigenvalue weighted by atomic mass is 13.0. The van der Waals surface area contributed by atoms with E-state index < -0.39 is 0 Å². The molecule has 0 unspecified atom stereocenters. The molecular formula is C7H26B6. The standard InChI is InChI=1S/C2H6.5CH4.B3.B2.B/c1-2;;;;;;1-3-2;1-2;/h1-2H3;5*1H4;;;. The van der Waals surface area contributed by atoms with Crippen molar-refractivity contribution in [1.29, 1.82) is 0 Å². The average Bonchev–Trinajstić information content (AvgIpc) is 1.78. The maximum atomic E-state index is 4.50. The van der Waals surface area contributed by atoms with E-state index >= 15 is 0 Å². The van der Waals surface area contributed by atoms with E-state index in [1.54, 1.807) is 0 Å². The summed E-state index contributed by atoms with van der Waals surface area (Å²) in [6, 6.07) is 0. The third kappa shape index (κ3) is 8810. The zero-order valence-corrected chi connectivity index (χ0v) is 5.46. The largest absolute Gasteiger partial charge is 0.0776 e. The van der Waals surface area contributed by atoms with E-state index in [4.69, 9.17) is 0 Å². The Labute approximate surface area is 97.8 Å². The second-order valence-corrected chi connectivity index (χ2v) is 0.192. The minimum absolute atomic E-state index is 0. The number of hydrogen-bond acceptors (Lipinski definition) is 0. The van der Waals surface area contributed by atoms with Gasteiger partial charge in [-0.25, -0.2) is 0 Å². The topological polar surface area (TPSA) is 0 Å². The predicted octanol–water partition coefficient (Wildman–Crippen LogP) is 1.92. The van der Waals surface area contributed by atoms with Gasteiger partial charge in [-0.1, -0.05) is 51.0 Å². The predicted molar refractivity (Wildman–Crippen MR) is 79.5 cm³/mol. The minimum atomic E-state index is 0. The summed E-state index contributed by atoms with van der Waals surface area (Å²) in [4.78, 5) is 0. The highest BCUT2D eigenvalue weighted by Gasteiger charge is 1.41. The fourth-order valence-electron chi connectivity index (χ4n) is 0. The molecule has 0 aliphatic rings. The Balaban J connectivity index is -0.00000000218. The molecule has 13 heavy (non-hydrogen) atoms. The average molecular weight is 175 g/mol. The van der Waals surface area contributed by atoms with E-state index in [0.29, 0.717) is 0 Å². The smallest absolute Gasteiger partial charge is 0 e. The number of rotatable bonds is 0. The van der Waals surface area contributed by atoms with E-state index in [9.17, 15) is 0 Å². The SMILES string of the molecule is C.C.C.C.C.CC.[B].[B][B].[B][B][B]. The van der Waals surface area contributed by atoms with Crippen molar-refractivity contribution >= 4 is 46.4 Å². The molecule has 0 aromatic rings. The second-order valence-electron chi connectivity index (χ2n) is 0.192. The van der Waals surface area contributed by atoms with Crippen LogP contribution in [0.4, 0.5) is 0 Å². The van der Waals surface area contributed by atoms with Gasteiger partial charge in [-0.15, -0.1) is 0 Å². The van der Waals surface area contributed by atoms with Crippen LogP contribution in [0.1, 0.15) is 51.0 Å². The maximum absolute atomic E-state index is 4.50. The van der Waals surface area contributed by atoms with Crippen molar-refractivity contribution in [2.75, 3.05) is 0 Å². The molecule has 0 rings (SSSR count). The summed E-state index contributed by atoms with van der Waals surface area (Å²) in [6.07, 6.45) is 0. The van der Waals surface area contributed by atoms with Gasteiger partial charge in [0.25, 0.3) is 0 Å². The Morgan fingerprint density at radius 1 is 0.692 bits per heavy atom. The molecule has 0 bridgehead atoms. The van der Waals surface area contributed by atoms with Crippen LogP contribution >= 0.6 is 0 Å². The molecule has 12 radical (unpaired) electrons. The van der Waals surface area contributed by atoms with Crippen LogP contribution < -0.4 is 0 Å². The van der Waals surface area contributed by atoms with Crippen molar-refractivity contribution in [2.24, 2.45) is 0 Å². The van der Waals surface area contributed by atoms with Crippen molar-refractivity contribution in [1.82, 2.24) is 0 Å². The van der Waals surface area contributed by atoms with Gasteiger partial charge >= 0.3 is 0 Å². The molecule has 6 heteroatoms. The highest BCUT2D eigenvalue weighted by molar-refractivity contribution is 7.17. The molecule has 0 aromatic heterocycles. The Morgan fingerprint density at radius 2 is 0.692 bits per heavy atom. The van der Waals surface area contributed by atoms with Crippen molar-refractivity contribution in [3.05, 3.63) is 0 Å². The van der Waals surface area contributed by atoms with Crippen LogP contribution in [0.25, 0.3) is 0 Å². The molecule has 0 aromatic carbocycles. The lowest BCUT2D eigenvalue weighted by atomic mass is 9.40. The molecular weight excluding hydrogens is 149 g/mol. The lowest BCUT2D eigenvalue weighted by Gasteiger charge is -1.41. The van der Waals surface area contributed by atoms with Crippen molar-refractivity contribution in [2.45, 2.75) is 51.0 Å². The first-order valence-electron chi connectivity index (χ1n) is 2.00. The molecule has 0 spiro atoms. The summed E-state index contributed by atoms with van der Waals surface area (Å²) in [6.45, 7) is 4.00. The van der Waals surface area contributed by atoms with E-state index in [2.05, 4.69) is 30.9 Å². The van der Waals surface area contributed by atoms with Crippen molar-refractivity contribution in [3.63, 3.8) is 0 Å². The van der Waals surface area contributed by atoms with E-state index in [1.807, 2.05) is 13.8 Å². The summed E-state index contributed by atoms with van der Waals surface area (Å²) in [5.74, 6) is 0. The molecule has 0 aliphatic carbocycles. The van der Waals surface area contributed by atoms with Crippen LogP contribution in [0.3, 0.4) is 0 Å². The zero-order chi connectivity index (χ0) is 6.71. The van der Waals surface area contributed by atoms with E-state index in [0.717, 1.165) is 7.06 Å². The fourth-order valence-corrected chi connectivity index (χ4v) is 0. The normalized spacial score (nSPS) is 1.69. The summed E-state index contributed by atoms with van der Waals surface area (Å²) in [5, 5.41) is 0. The minimum Gasteiger partial charge on any atom is -0.0776 e. The molecule has 0 amide bonds. The summed E-state index contributed by atoms with van der Waals surface area (Å²) >= 11 is 0. The van der Waals surface area contributed by atoms with Crippen LogP contribution in [-0.2, 0) is 0 Å². The van der Waals surface area contributed by atoms with Gasteiger partial charge in [0.05, 0.1) is 0 Å². The molecule has 0 nitrogen and oxygen atoms in total. The number of hydrogen-bond donors (Lipinski definition) is 0. The van der Waals surface area contributed by atoms with Crippen molar-refractivity contribution < 1.29 is 0 Å². The van der Waals surface area contributed by atoms with Gasteiger partial charge in [-0.3, -0.25) is 0 Å². The second kappa shape index (κ2) is 832. The summed E-state index contributed by atoms with van der Waals surface area (Å²) in [7, 11) is 18.0. The lowest BCUT2D eigenvalue weighted by Crippen LogP contribution is -1.79. The van der Waals surface area contributed by atoms with Crippen LogP contribution in [0.15, 0.2) is 0 Å². The molecule has 72 valence electrons. The third-order valence-electron chi connectivity index (χ3n) is 0. The van der Waals surface area contributed by atoms with Crippen LogP contribution in [0, 0.1) is 0 Å². The Hall–Kier alpha value is 0.390. The van der Waals surface area contributed by atoms with Crippen LogP contribution in [0.5, 0.6) is 0 Å². The van der Waals surface area contributed by atoms with Crippen LogP contribution in [0.2, 0.25) is 0 Å². The quantitative estimate of drug-likeness (QED) is 0.493. The van der Waals surface area contributed by atoms with Gasteiger partial charge in [0.1, 0.15) is 0 Å². The molecule has 0 saturated carbocycles. The first-order valence-corrected chi connectivity index (χ1v) is 2.00. The van der Waals surface area contributed by atoms with Gasteiger partial charge in [0.2, 0.25) is 0 Å². The first-order chi connectivity index (χ1) is 3.41. The monoisotopic (exact) mass is 176 g/mol. The molecule has 0 aliphatic heterocycles. The highest BCUT2D eigenvalue weighted by Crippen LogP contribution is 1.14.